The number of aliphatic carboxylic acids is 2. The van der Waals surface area contributed by atoms with Crippen molar-refractivity contribution in [3.63, 3.8) is 0 Å². The van der Waals surface area contributed by atoms with Crippen LogP contribution in [0.15, 0.2) is 25.3 Å². The zero-order valence-electron chi connectivity index (χ0n) is 17.3. The molecule has 0 rings (SSSR count). The SMILES string of the molecule is C=CCCCCCCCCC(=O)O.C=CCCCCCCCCC(=O)O.[Zn+2]. The fraction of sp³-hybridized carbons (Fsp3) is 0.727. The van der Waals surface area contributed by atoms with Crippen LogP contribution in [0.4, 0.5) is 0 Å². The van der Waals surface area contributed by atoms with Gasteiger partial charge >= 0.3 is 31.4 Å². The van der Waals surface area contributed by atoms with Gasteiger partial charge in [-0.1, -0.05) is 63.5 Å². The Hall–Kier alpha value is -0.957. The molecule has 0 aromatic rings. The average molecular weight is 434 g/mol. The van der Waals surface area contributed by atoms with Crippen LogP contribution in [0.3, 0.4) is 0 Å². The summed E-state index contributed by atoms with van der Waals surface area (Å²) in [7, 11) is 0. The molecule has 0 atom stereocenters. The third-order valence-corrected chi connectivity index (χ3v) is 4.10. The Bertz CT molecular complexity index is 322. The van der Waals surface area contributed by atoms with Gasteiger partial charge in [-0.25, -0.2) is 0 Å². The zero-order chi connectivity index (χ0) is 19.9. The number of carboxylic acids is 2. The Balaban J connectivity index is -0.000000411. The van der Waals surface area contributed by atoms with Crippen molar-refractivity contribution < 1.29 is 39.3 Å². The van der Waals surface area contributed by atoms with Crippen molar-refractivity contribution in [2.24, 2.45) is 0 Å². The van der Waals surface area contributed by atoms with E-state index in [2.05, 4.69) is 13.2 Å². The Morgan fingerprint density at radius 2 is 0.815 bits per heavy atom. The molecule has 0 saturated heterocycles. The van der Waals surface area contributed by atoms with Crippen LogP contribution in [0.1, 0.15) is 103 Å². The smallest absolute Gasteiger partial charge is 0.481 e. The maximum atomic E-state index is 10.2. The van der Waals surface area contributed by atoms with Crippen LogP contribution in [0.2, 0.25) is 0 Å². The maximum Gasteiger partial charge on any atom is 2.00 e. The van der Waals surface area contributed by atoms with Gasteiger partial charge in [-0.15, -0.1) is 13.2 Å². The van der Waals surface area contributed by atoms with Gasteiger partial charge in [0.2, 0.25) is 0 Å². The van der Waals surface area contributed by atoms with Crippen LogP contribution < -0.4 is 0 Å². The van der Waals surface area contributed by atoms with Gasteiger partial charge in [-0.05, 0) is 38.5 Å². The van der Waals surface area contributed by atoms with Gasteiger partial charge in [0.15, 0.2) is 0 Å². The molecule has 0 bridgehead atoms. The molecule has 4 nitrogen and oxygen atoms in total. The average Bonchev–Trinajstić information content (AvgIpc) is 2.60. The molecule has 0 aromatic carbocycles. The fourth-order valence-corrected chi connectivity index (χ4v) is 2.54. The van der Waals surface area contributed by atoms with E-state index < -0.39 is 11.9 Å². The number of hydrogen-bond acceptors (Lipinski definition) is 2. The molecule has 0 aliphatic heterocycles. The Kier molecular flexibility index (Phi) is 31.1. The van der Waals surface area contributed by atoms with E-state index in [4.69, 9.17) is 10.2 Å². The second-order valence-electron chi connectivity index (χ2n) is 6.68. The molecule has 0 aromatic heterocycles. The van der Waals surface area contributed by atoms with Crippen LogP contribution in [0.5, 0.6) is 0 Å². The predicted octanol–water partition coefficient (Wildman–Crippen LogP) is 6.75. The molecule has 152 valence electrons. The standard InChI is InChI=1S/2C11H20O2.Zn/c2*1-2-3-4-5-6-7-8-9-10-11(12)13;/h2*2H,1,3-10H2,(H,12,13);/q;;+2. The maximum absolute atomic E-state index is 10.2. The summed E-state index contributed by atoms with van der Waals surface area (Å²) in [4.78, 5) is 20.3. The van der Waals surface area contributed by atoms with Crippen molar-refractivity contribution in [2.75, 3.05) is 0 Å². The summed E-state index contributed by atoms with van der Waals surface area (Å²) < 4.78 is 0. The van der Waals surface area contributed by atoms with E-state index in [9.17, 15) is 9.59 Å². The molecule has 0 fully saturated rings. The van der Waals surface area contributed by atoms with Gasteiger partial charge in [0.25, 0.3) is 0 Å². The molecule has 0 radical (unpaired) electrons. The first-order valence-electron chi connectivity index (χ1n) is 10.2. The molecular formula is C22H40O4Zn+2. The molecular weight excluding hydrogens is 394 g/mol. The van der Waals surface area contributed by atoms with E-state index in [0.29, 0.717) is 12.8 Å². The minimum Gasteiger partial charge on any atom is -0.481 e. The van der Waals surface area contributed by atoms with Gasteiger partial charge in [0.1, 0.15) is 0 Å². The third kappa shape index (κ3) is 36.7. The summed E-state index contributed by atoms with van der Waals surface area (Å²) >= 11 is 0. The monoisotopic (exact) mass is 432 g/mol. The number of hydrogen-bond donors (Lipinski definition) is 2. The summed E-state index contributed by atoms with van der Waals surface area (Å²) in [6.45, 7) is 7.32. The van der Waals surface area contributed by atoms with E-state index in [-0.39, 0.29) is 19.5 Å². The molecule has 0 unspecified atom stereocenters. The van der Waals surface area contributed by atoms with E-state index in [1.807, 2.05) is 12.2 Å². The van der Waals surface area contributed by atoms with Crippen LogP contribution in [-0.2, 0) is 29.1 Å². The largest absolute Gasteiger partial charge is 2.00 e. The van der Waals surface area contributed by atoms with Crippen molar-refractivity contribution in [1.29, 1.82) is 0 Å². The predicted molar refractivity (Wildman–Crippen MR) is 110 cm³/mol. The summed E-state index contributed by atoms with van der Waals surface area (Å²) in [6, 6.07) is 0. The Morgan fingerprint density at radius 1 is 0.556 bits per heavy atom. The Morgan fingerprint density at radius 3 is 1.07 bits per heavy atom. The van der Waals surface area contributed by atoms with Crippen molar-refractivity contribution in [3.05, 3.63) is 25.3 Å². The summed E-state index contributed by atoms with van der Waals surface area (Å²) in [5, 5.41) is 16.8. The van der Waals surface area contributed by atoms with Gasteiger partial charge < -0.3 is 10.2 Å². The second kappa shape index (κ2) is 27.3. The van der Waals surface area contributed by atoms with E-state index >= 15 is 0 Å². The quantitative estimate of drug-likeness (QED) is 0.142. The molecule has 0 heterocycles. The summed E-state index contributed by atoms with van der Waals surface area (Å²) in [5.74, 6) is -1.35. The number of unbranched alkanes of at least 4 members (excludes halogenated alkanes) is 12. The van der Waals surface area contributed by atoms with Crippen LogP contribution in [0, 0.1) is 0 Å². The van der Waals surface area contributed by atoms with Gasteiger partial charge in [0.05, 0.1) is 0 Å². The number of rotatable bonds is 18. The Labute approximate surface area is 179 Å². The normalized spacial score (nSPS) is 9.48. The molecule has 2 N–H and O–H groups in total. The molecule has 0 amide bonds. The fourth-order valence-electron chi connectivity index (χ4n) is 2.54. The van der Waals surface area contributed by atoms with Gasteiger partial charge in [0, 0.05) is 12.8 Å². The van der Waals surface area contributed by atoms with E-state index in [1.54, 1.807) is 0 Å². The van der Waals surface area contributed by atoms with Crippen LogP contribution in [-0.4, -0.2) is 22.2 Å². The zero-order valence-corrected chi connectivity index (χ0v) is 20.3. The molecule has 0 aliphatic rings. The second-order valence-corrected chi connectivity index (χ2v) is 6.68. The number of allylic oxidation sites excluding steroid dienone is 2. The first kappa shape index (κ1) is 30.8. The van der Waals surface area contributed by atoms with Crippen molar-refractivity contribution in [1.82, 2.24) is 0 Å². The molecule has 0 aliphatic carbocycles. The van der Waals surface area contributed by atoms with Crippen molar-refractivity contribution >= 4 is 11.9 Å². The van der Waals surface area contributed by atoms with Crippen LogP contribution in [0.25, 0.3) is 0 Å². The number of carbonyl (C=O) groups is 2. The van der Waals surface area contributed by atoms with Crippen molar-refractivity contribution in [3.8, 4) is 0 Å². The molecule has 27 heavy (non-hydrogen) atoms. The van der Waals surface area contributed by atoms with E-state index in [1.165, 1.54) is 51.4 Å². The third-order valence-electron chi connectivity index (χ3n) is 4.10. The first-order chi connectivity index (χ1) is 12.5. The minimum atomic E-state index is -0.674. The molecule has 0 spiro atoms. The minimum absolute atomic E-state index is 0. The summed E-state index contributed by atoms with van der Waals surface area (Å²) in [6.07, 6.45) is 20.3. The molecule has 5 heteroatoms. The van der Waals surface area contributed by atoms with Crippen LogP contribution >= 0.6 is 0 Å². The van der Waals surface area contributed by atoms with E-state index in [0.717, 1.165) is 38.5 Å². The first-order valence-corrected chi connectivity index (χ1v) is 10.2. The number of carboxylic acid groups (broad SMARTS) is 2. The topological polar surface area (TPSA) is 74.6 Å². The molecule has 0 saturated carbocycles. The van der Waals surface area contributed by atoms with Crippen molar-refractivity contribution in [2.45, 2.75) is 103 Å². The van der Waals surface area contributed by atoms with Gasteiger partial charge in [-0.2, -0.15) is 0 Å². The van der Waals surface area contributed by atoms with Gasteiger partial charge in [-0.3, -0.25) is 9.59 Å². The summed E-state index contributed by atoms with van der Waals surface area (Å²) in [5.41, 5.74) is 0.